The van der Waals surface area contributed by atoms with Crippen molar-refractivity contribution in [2.45, 2.75) is 45.7 Å². The number of nitrogens with zero attached hydrogens (tertiary/aromatic N) is 2. The van der Waals surface area contributed by atoms with Crippen molar-refractivity contribution in [1.82, 2.24) is 4.90 Å². The Morgan fingerprint density at radius 3 is 2.16 bits per heavy atom. The molecule has 1 amide bonds. The molecule has 0 bridgehead atoms. The molecular formula is C26H36N2O4. The fourth-order valence-corrected chi connectivity index (χ4v) is 4.31. The van der Waals surface area contributed by atoms with Crippen LogP contribution in [0.5, 0.6) is 17.2 Å². The van der Waals surface area contributed by atoms with Crippen molar-refractivity contribution >= 4 is 11.6 Å². The molecule has 32 heavy (non-hydrogen) atoms. The monoisotopic (exact) mass is 440 g/mol. The van der Waals surface area contributed by atoms with Crippen LogP contribution >= 0.6 is 0 Å². The quantitative estimate of drug-likeness (QED) is 0.563. The minimum Gasteiger partial charge on any atom is -0.497 e. The van der Waals surface area contributed by atoms with Crippen LogP contribution in [0.2, 0.25) is 0 Å². The lowest BCUT2D eigenvalue weighted by molar-refractivity contribution is -0.120. The highest BCUT2D eigenvalue weighted by molar-refractivity contribution is 5.94. The Balaban J connectivity index is 1.70. The third kappa shape index (κ3) is 5.94. The van der Waals surface area contributed by atoms with E-state index in [-0.39, 0.29) is 11.9 Å². The summed E-state index contributed by atoms with van der Waals surface area (Å²) in [5.74, 6) is 2.96. The lowest BCUT2D eigenvalue weighted by Gasteiger charge is -2.39. The van der Waals surface area contributed by atoms with Gasteiger partial charge in [0.05, 0.1) is 21.3 Å². The van der Waals surface area contributed by atoms with Gasteiger partial charge in [-0.3, -0.25) is 9.69 Å². The van der Waals surface area contributed by atoms with Crippen LogP contribution in [0.15, 0.2) is 42.5 Å². The average Bonchev–Trinajstić information content (AvgIpc) is 2.80. The van der Waals surface area contributed by atoms with Crippen molar-refractivity contribution in [3.8, 4) is 17.2 Å². The van der Waals surface area contributed by atoms with E-state index in [2.05, 4.69) is 24.8 Å². The summed E-state index contributed by atoms with van der Waals surface area (Å²) in [6.07, 6.45) is 2.43. The number of likely N-dealkylation sites (tertiary alicyclic amines) is 1. The van der Waals surface area contributed by atoms with E-state index in [9.17, 15) is 4.79 Å². The normalized spacial score (nSPS) is 14.9. The summed E-state index contributed by atoms with van der Waals surface area (Å²) in [7, 11) is 5.01. The van der Waals surface area contributed by atoms with E-state index in [1.807, 2.05) is 41.3 Å². The van der Waals surface area contributed by atoms with Gasteiger partial charge in [-0.05, 0) is 49.1 Å². The summed E-state index contributed by atoms with van der Waals surface area (Å²) >= 11 is 0. The second kappa shape index (κ2) is 11.2. The van der Waals surface area contributed by atoms with E-state index in [1.54, 1.807) is 21.3 Å². The first-order valence-electron chi connectivity index (χ1n) is 11.3. The zero-order valence-corrected chi connectivity index (χ0v) is 20.0. The van der Waals surface area contributed by atoms with Gasteiger partial charge in [0.15, 0.2) is 0 Å². The summed E-state index contributed by atoms with van der Waals surface area (Å²) in [5.41, 5.74) is 2.10. The summed E-state index contributed by atoms with van der Waals surface area (Å²) in [6, 6.07) is 14.0. The van der Waals surface area contributed by atoms with Crippen LogP contribution in [-0.2, 0) is 11.3 Å². The number of rotatable bonds is 9. The summed E-state index contributed by atoms with van der Waals surface area (Å²) in [4.78, 5) is 17.6. The molecule has 0 N–H and O–H groups in total. The fourth-order valence-electron chi connectivity index (χ4n) is 4.31. The Morgan fingerprint density at radius 1 is 0.969 bits per heavy atom. The summed E-state index contributed by atoms with van der Waals surface area (Å²) < 4.78 is 16.2. The maximum Gasteiger partial charge on any atom is 0.227 e. The molecule has 174 valence electrons. The van der Waals surface area contributed by atoms with E-state index < -0.39 is 0 Å². The second-order valence-electron chi connectivity index (χ2n) is 8.74. The number of benzene rings is 2. The highest BCUT2D eigenvalue weighted by Crippen LogP contribution is 2.30. The van der Waals surface area contributed by atoms with Crippen molar-refractivity contribution < 1.29 is 19.0 Å². The minimum absolute atomic E-state index is 0.195. The second-order valence-corrected chi connectivity index (χ2v) is 8.74. The number of anilines is 1. The van der Waals surface area contributed by atoms with Gasteiger partial charge in [-0.15, -0.1) is 0 Å². The number of hydrogen-bond acceptors (Lipinski definition) is 5. The molecule has 0 aromatic heterocycles. The van der Waals surface area contributed by atoms with E-state index >= 15 is 0 Å². The molecule has 1 heterocycles. The topological polar surface area (TPSA) is 51.2 Å². The van der Waals surface area contributed by atoms with Crippen LogP contribution < -0.4 is 19.1 Å². The van der Waals surface area contributed by atoms with Gasteiger partial charge < -0.3 is 19.1 Å². The zero-order chi connectivity index (χ0) is 23.1. The molecule has 1 aliphatic rings. The maximum atomic E-state index is 13.2. The highest BCUT2D eigenvalue weighted by atomic mass is 16.5. The molecule has 0 saturated carbocycles. The summed E-state index contributed by atoms with van der Waals surface area (Å²) in [6.45, 7) is 6.87. The molecule has 2 aromatic rings. The molecule has 0 unspecified atom stereocenters. The first-order valence-corrected chi connectivity index (χ1v) is 11.3. The van der Waals surface area contributed by atoms with Gasteiger partial charge >= 0.3 is 0 Å². The third-order valence-electron chi connectivity index (χ3n) is 6.01. The number of methoxy groups -OCH3 is 3. The lowest BCUT2D eigenvalue weighted by Crippen LogP contribution is -2.47. The van der Waals surface area contributed by atoms with Gasteiger partial charge in [-0.25, -0.2) is 0 Å². The van der Waals surface area contributed by atoms with E-state index in [0.29, 0.717) is 12.3 Å². The molecule has 3 rings (SSSR count). The van der Waals surface area contributed by atoms with Gasteiger partial charge in [0.1, 0.15) is 17.2 Å². The van der Waals surface area contributed by atoms with Crippen LogP contribution in [0.3, 0.4) is 0 Å². The smallest absolute Gasteiger partial charge is 0.227 e. The van der Waals surface area contributed by atoms with Crippen molar-refractivity contribution in [2.75, 3.05) is 39.3 Å². The molecule has 1 aliphatic heterocycles. The molecular weight excluding hydrogens is 404 g/mol. The molecule has 2 aromatic carbocycles. The lowest BCUT2D eigenvalue weighted by atomic mass is 9.99. The number of hydrogen-bond donors (Lipinski definition) is 0. The first kappa shape index (κ1) is 23.9. The number of amides is 1. The van der Waals surface area contributed by atoms with Crippen LogP contribution in [0, 0.1) is 5.92 Å². The van der Waals surface area contributed by atoms with E-state index in [0.717, 1.165) is 61.0 Å². The zero-order valence-electron chi connectivity index (χ0n) is 20.0. The van der Waals surface area contributed by atoms with Gasteiger partial charge in [-0.1, -0.05) is 19.9 Å². The molecule has 0 aliphatic carbocycles. The van der Waals surface area contributed by atoms with Gasteiger partial charge in [0.2, 0.25) is 5.91 Å². The van der Waals surface area contributed by atoms with Crippen LogP contribution in [0.1, 0.15) is 38.7 Å². The Morgan fingerprint density at radius 2 is 1.59 bits per heavy atom. The molecule has 0 atom stereocenters. The van der Waals surface area contributed by atoms with Crippen molar-refractivity contribution in [3.05, 3.63) is 48.0 Å². The molecule has 0 radical (unpaired) electrons. The minimum atomic E-state index is 0.195. The number of piperidine rings is 1. The Labute approximate surface area is 192 Å². The van der Waals surface area contributed by atoms with Crippen LogP contribution in [0.25, 0.3) is 0 Å². The number of carbonyl (C=O) groups excluding carboxylic acids is 1. The molecule has 6 nitrogen and oxygen atoms in total. The maximum absolute atomic E-state index is 13.2. The highest BCUT2D eigenvalue weighted by Gasteiger charge is 2.29. The third-order valence-corrected chi connectivity index (χ3v) is 6.01. The standard InChI is InChI=1S/C26H36N2O4/c1-19(2)16-26(29)28(21-7-10-23(30-3)11-8-21)22-12-14-27(15-13-22)18-20-6-9-24(31-4)17-25(20)32-5/h6-11,17,19,22H,12-16,18H2,1-5H3. The van der Waals surface area contributed by atoms with Gasteiger partial charge in [0, 0.05) is 49.4 Å². The predicted octanol–water partition coefficient (Wildman–Crippen LogP) is 4.76. The predicted molar refractivity (Wildman–Crippen MR) is 128 cm³/mol. The molecule has 1 fully saturated rings. The molecule has 6 heteroatoms. The van der Waals surface area contributed by atoms with Crippen molar-refractivity contribution in [2.24, 2.45) is 5.92 Å². The first-order chi connectivity index (χ1) is 15.4. The number of ether oxygens (including phenoxy) is 3. The average molecular weight is 441 g/mol. The summed E-state index contributed by atoms with van der Waals surface area (Å²) in [5, 5.41) is 0. The Kier molecular flexibility index (Phi) is 8.39. The van der Waals surface area contributed by atoms with Crippen molar-refractivity contribution in [3.63, 3.8) is 0 Å². The largest absolute Gasteiger partial charge is 0.497 e. The van der Waals surface area contributed by atoms with E-state index in [1.165, 1.54) is 0 Å². The SMILES string of the molecule is COc1ccc(N(C(=O)CC(C)C)C2CCN(Cc3ccc(OC)cc3OC)CC2)cc1. The van der Waals surface area contributed by atoms with Crippen LogP contribution in [-0.4, -0.2) is 51.3 Å². The fraction of sp³-hybridized carbons (Fsp3) is 0.500. The van der Waals surface area contributed by atoms with Gasteiger partial charge in [0.25, 0.3) is 0 Å². The van der Waals surface area contributed by atoms with Gasteiger partial charge in [-0.2, -0.15) is 0 Å². The Bertz CT molecular complexity index is 874. The Hall–Kier alpha value is -2.73. The molecule has 0 spiro atoms. The molecule has 1 saturated heterocycles. The number of carbonyl (C=O) groups is 1. The van der Waals surface area contributed by atoms with Crippen molar-refractivity contribution in [1.29, 1.82) is 0 Å². The van der Waals surface area contributed by atoms with Crippen LogP contribution in [0.4, 0.5) is 5.69 Å². The van der Waals surface area contributed by atoms with E-state index in [4.69, 9.17) is 14.2 Å².